The van der Waals surface area contributed by atoms with Gasteiger partial charge in [-0.05, 0) is 111 Å². The average molecular weight is 481 g/mol. The Morgan fingerprint density at radius 3 is 2.38 bits per heavy atom. The van der Waals surface area contributed by atoms with E-state index in [0.29, 0.717) is 48.9 Å². The molecule has 4 fully saturated rings. The fourth-order valence-corrected chi connectivity index (χ4v) is 9.54. The largest absolute Gasteiger partial charge is 1.00 e. The molecule has 32 heavy (non-hydrogen) atoms. The smallest absolute Gasteiger partial charge is 0.726 e. The van der Waals surface area contributed by atoms with Gasteiger partial charge in [-0.1, -0.05) is 20.8 Å². The minimum absolute atomic E-state index is 0. The van der Waals surface area contributed by atoms with Crippen LogP contribution in [0.2, 0.25) is 0 Å². The molecule has 8 heteroatoms. The molecule has 0 radical (unpaired) electrons. The third-order valence-electron chi connectivity index (χ3n) is 10.5. The fraction of sp³-hybridized carbons (Fsp3) is 1.00. The van der Waals surface area contributed by atoms with Gasteiger partial charge in [-0.3, -0.25) is 4.18 Å². The minimum Gasteiger partial charge on any atom is -0.726 e. The van der Waals surface area contributed by atoms with Crippen LogP contribution in [0.25, 0.3) is 0 Å². The van der Waals surface area contributed by atoms with E-state index in [0.717, 1.165) is 25.7 Å². The maximum absolute atomic E-state index is 11.4. The van der Waals surface area contributed by atoms with Gasteiger partial charge in [0, 0.05) is 6.61 Å². The molecule has 4 saturated carbocycles. The fourth-order valence-electron chi connectivity index (χ4n) is 9.03. The first-order valence-electron chi connectivity index (χ1n) is 12.4. The van der Waals surface area contributed by atoms with E-state index in [1.54, 1.807) is 0 Å². The quantitative estimate of drug-likeness (QED) is 0.332. The van der Waals surface area contributed by atoms with Crippen LogP contribution in [0.15, 0.2) is 0 Å². The second kappa shape index (κ2) is 10.0. The first-order valence-corrected chi connectivity index (χ1v) is 13.8. The molecule has 0 amide bonds. The molecule has 10 atom stereocenters. The molecule has 0 spiro atoms. The normalized spacial score (nSPS) is 47.0. The molecule has 0 bridgehead atoms. The number of fused-ring (bicyclic) bond motifs is 5. The molecular formula is C24H41NaO6S. The zero-order valence-corrected chi connectivity index (χ0v) is 23.1. The summed E-state index contributed by atoms with van der Waals surface area (Å²) in [5, 5.41) is 20.6. The SMILES string of the molecule is C[C@H](CCCO)[C@H]1CC[C@H]2[C@@H]3[C@@H](O)C[C@@H]4C[C@H](OS(=O)(=O)[O-])CC[C@]4(C)[C@H]3CC[C@]12C.[Na+]. The van der Waals surface area contributed by atoms with Crippen molar-refractivity contribution in [2.45, 2.75) is 97.2 Å². The Hall–Kier alpha value is 0.790. The molecule has 0 aromatic rings. The first-order chi connectivity index (χ1) is 14.5. The zero-order valence-electron chi connectivity index (χ0n) is 20.3. The van der Waals surface area contributed by atoms with E-state index in [1.165, 1.54) is 19.3 Å². The second-order valence-electron chi connectivity index (χ2n) is 11.8. The molecule has 4 aliphatic carbocycles. The van der Waals surface area contributed by atoms with Gasteiger partial charge in [0.25, 0.3) is 0 Å². The minimum atomic E-state index is -4.69. The van der Waals surface area contributed by atoms with E-state index >= 15 is 0 Å². The van der Waals surface area contributed by atoms with Crippen molar-refractivity contribution in [2.75, 3.05) is 6.61 Å². The Morgan fingerprint density at radius 1 is 1.06 bits per heavy atom. The molecule has 4 rings (SSSR count). The maximum atomic E-state index is 11.4. The van der Waals surface area contributed by atoms with E-state index in [4.69, 9.17) is 4.18 Å². The average Bonchev–Trinajstić information content (AvgIpc) is 3.03. The predicted octanol–water partition coefficient (Wildman–Crippen LogP) is 0.874. The Kier molecular flexibility index (Phi) is 8.59. The standard InChI is InChI=1S/C24H42O6S.Na/c1-15(5-4-12-25)18-6-7-19-22-20(9-11-24(18,19)3)23(2)10-8-17(30-31(27,28)29)13-16(23)14-21(22)26;/h15-22,25-26H,4-14H2,1-3H3,(H,27,28,29);/q;+1/p-1/t15-,16+,17-,18-,19+,20+,21+,22+,23+,24-;/m1./s1. The summed E-state index contributed by atoms with van der Waals surface area (Å²) in [5.74, 6) is 2.77. The molecule has 0 aromatic heterocycles. The van der Waals surface area contributed by atoms with Crippen LogP contribution in [0.3, 0.4) is 0 Å². The maximum Gasteiger partial charge on any atom is 1.00 e. The summed E-state index contributed by atoms with van der Waals surface area (Å²) in [4.78, 5) is 0. The van der Waals surface area contributed by atoms with Crippen molar-refractivity contribution in [3.63, 3.8) is 0 Å². The third-order valence-corrected chi connectivity index (χ3v) is 11.0. The molecule has 0 saturated heterocycles. The van der Waals surface area contributed by atoms with Crippen molar-refractivity contribution in [1.82, 2.24) is 0 Å². The van der Waals surface area contributed by atoms with Crippen molar-refractivity contribution in [1.29, 1.82) is 0 Å². The Bertz CT molecular complexity index is 762. The first kappa shape index (κ1) is 27.4. The molecule has 2 N–H and O–H groups in total. The van der Waals surface area contributed by atoms with Crippen LogP contribution >= 0.6 is 0 Å². The van der Waals surface area contributed by atoms with Crippen molar-refractivity contribution >= 4 is 10.4 Å². The number of aliphatic hydroxyl groups excluding tert-OH is 2. The van der Waals surface area contributed by atoms with Gasteiger partial charge in [0.2, 0.25) is 10.4 Å². The molecule has 0 aromatic carbocycles. The van der Waals surface area contributed by atoms with E-state index in [1.807, 2.05) is 0 Å². The van der Waals surface area contributed by atoms with E-state index in [-0.39, 0.29) is 59.0 Å². The van der Waals surface area contributed by atoms with Crippen LogP contribution in [-0.4, -0.2) is 42.0 Å². The van der Waals surface area contributed by atoms with E-state index in [9.17, 15) is 23.2 Å². The summed E-state index contributed by atoms with van der Waals surface area (Å²) >= 11 is 0. The number of hydrogen-bond donors (Lipinski definition) is 2. The number of aliphatic hydroxyl groups is 2. The summed E-state index contributed by atoms with van der Waals surface area (Å²) < 4.78 is 38.1. The molecule has 6 nitrogen and oxygen atoms in total. The van der Waals surface area contributed by atoms with Gasteiger partial charge in [0.15, 0.2) is 0 Å². The second-order valence-corrected chi connectivity index (χ2v) is 12.8. The summed E-state index contributed by atoms with van der Waals surface area (Å²) in [6.07, 6.45) is 8.48. The molecular weight excluding hydrogens is 439 g/mol. The Labute approximate surface area is 216 Å². The zero-order chi connectivity index (χ0) is 22.6. The van der Waals surface area contributed by atoms with Crippen molar-refractivity contribution in [2.24, 2.45) is 46.3 Å². The van der Waals surface area contributed by atoms with Crippen molar-refractivity contribution in [3.05, 3.63) is 0 Å². The summed E-state index contributed by atoms with van der Waals surface area (Å²) in [7, 11) is -4.69. The Morgan fingerprint density at radius 2 is 1.72 bits per heavy atom. The van der Waals surface area contributed by atoms with Gasteiger partial charge in [-0.15, -0.1) is 0 Å². The van der Waals surface area contributed by atoms with Gasteiger partial charge in [0.05, 0.1) is 12.2 Å². The van der Waals surface area contributed by atoms with Gasteiger partial charge in [-0.25, -0.2) is 8.42 Å². The predicted molar refractivity (Wildman–Crippen MR) is 117 cm³/mol. The molecule has 0 unspecified atom stereocenters. The number of hydrogen-bond acceptors (Lipinski definition) is 6. The summed E-state index contributed by atoms with van der Waals surface area (Å²) in [6.45, 7) is 7.42. The molecule has 0 heterocycles. The molecule has 4 aliphatic rings. The van der Waals surface area contributed by atoms with Crippen LogP contribution in [0.4, 0.5) is 0 Å². The monoisotopic (exact) mass is 480 g/mol. The van der Waals surface area contributed by atoms with Crippen molar-refractivity contribution < 1.29 is 56.9 Å². The van der Waals surface area contributed by atoms with Crippen molar-refractivity contribution in [3.8, 4) is 0 Å². The van der Waals surface area contributed by atoms with Crippen LogP contribution in [0, 0.1) is 46.3 Å². The van der Waals surface area contributed by atoms with Crippen LogP contribution in [0.1, 0.15) is 85.0 Å². The molecule has 0 aliphatic heterocycles. The van der Waals surface area contributed by atoms with Gasteiger partial charge < -0.3 is 14.8 Å². The van der Waals surface area contributed by atoms with E-state index < -0.39 is 16.5 Å². The molecule has 180 valence electrons. The van der Waals surface area contributed by atoms with Crippen LogP contribution in [0.5, 0.6) is 0 Å². The van der Waals surface area contributed by atoms with E-state index in [2.05, 4.69) is 20.8 Å². The van der Waals surface area contributed by atoms with Crippen LogP contribution < -0.4 is 29.6 Å². The summed E-state index contributed by atoms with van der Waals surface area (Å²) in [6, 6.07) is 0. The topological polar surface area (TPSA) is 107 Å². The van der Waals surface area contributed by atoms with Gasteiger partial charge in [0.1, 0.15) is 0 Å². The van der Waals surface area contributed by atoms with Gasteiger partial charge in [-0.2, -0.15) is 0 Å². The summed E-state index contributed by atoms with van der Waals surface area (Å²) in [5.41, 5.74) is 0.343. The van der Waals surface area contributed by atoms with Gasteiger partial charge >= 0.3 is 29.6 Å². The Balaban J connectivity index is 0.00000289. The van der Waals surface area contributed by atoms with Crippen LogP contribution in [-0.2, 0) is 14.6 Å². The third kappa shape index (κ3) is 4.88. The number of rotatable bonds is 6.